The lowest BCUT2D eigenvalue weighted by molar-refractivity contribution is 0.0826. The largest absolute Gasteiger partial charge is 0.434 e. The summed E-state index contributed by atoms with van der Waals surface area (Å²) in [5, 5.41) is 1.56. The highest BCUT2D eigenvalue weighted by molar-refractivity contribution is 9.10. The molecule has 7 heteroatoms. The maximum absolute atomic E-state index is 12.9. The molecule has 4 rings (SSSR count). The molecule has 2 heterocycles. The number of pyridine rings is 1. The first kappa shape index (κ1) is 22.7. The fourth-order valence-corrected chi connectivity index (χ4v) is 4.29. The number of Topliss-reactive ketones (excluding diaryl/α,β-unsaturated/α-hetero) is 1. The molecule has 0 spiro atoms. The highest BCUT2D eigenvalue weighted by atomic mass is 79.9. The van der Waals surface area contributed by atoms with Gasteiger partial charge in [-0.25, -0.2) is 4.98 Å². The van der Waals surface area contributed by atoms with Gasteiger partial charge in [-0.05, 0) is 35.9 Å². The number of hydrogen-bond acceptors (Lipinski definition) is 4. The summed E-state index contributed by atoms with van der Waals surface area (Å²) in [6, 6.07) is 14.6. The Bertz CT molecular complexity index is 1370. The summed E-state index contributed by atoms with van der Waals surface area (Å²) in [4.78, 5) is 29.6. The van der Waals surface area contributed by atoms with Crippen molar-refractivity contribution in [2.45, 2.75) is 20.8 Å². The van der Waals surface area contributed by atoms with Gasteiger partial charge in [-0.15, -0.1) is 0 Å². The van der Waals surface area contributed by atoms with Crippen LogP contribution in [0.15, 0.2) is 57.4 Å². The van der Waals surface area contributed by atoms with E-state index in [1.165, 1.54) is 0 Å². The van der Waals surface area contributed by atoms with Crippen molar-refractivity contribution in [3.63, 3.8) is 0 Å². The molecule has 0 saturated carbocycles. The summed E-state index contributed by atoms with van der Waals surface area (Å²) in [5.74, 6) is -0.259. The molecule has 4 nitrogen and oxygen atoms in total. The van der Waals surface area contributed by atoms with E-state index in [0.29, 0.717) is 33.0 Å². The van der Waals surface area contributed by atoms with Gasteiger partial charge in [0.1, 0.15) is 0 Å². The number of ketones is 1. The van der Waals surface area contributed by atoms with Gasteiger partial charge in [0, 0.05) is 26.0 Å². The predicted octanol–water partition coefficient (Wildman–Crippen LogP) is 8.27. The van der Waals surface area contributed by atoms with Gasteiger partial charge in [0.15, 0.2) is 12.0 Å². The van der Waals surface area contributed by atoms with Crippen LogP contribution in [0.25, 0.3) is 33.5 Å². The first-order chi connectivity index (χ1) is 15.1. The number of benzene rings is 2. The first-order valence-corrected chi connectivity index (χ1v) is 11.3. The first-order valence-electron chi connectivity index (χ1n) is 9.79. The second-order valence-corrected chi connectivity index (χ2v) is 10.2. The third kappa shape index (κ3) is 4.13. The normalized spacial score (nSPS) is 11.7. The highest BCUT2D eigenvalue weighted by Gasteiger charge is 2.31. The zero-order valence-electron chi connectivity index (χ0n) is 17.5. The number of fused-ring (bicyclic) bond motifs is 1. The lowest BCUT2D eigenvalue weighted by Gasteiger charge is -2.14. The monoisotopic (exact) mass is 529 g/mol. The molecule has 0 amide bonds. The SMILES string of the molecule is CC(C)(C)C(=O)c1oc2nc(-c3ccc(Br)cc3Cl)c(-c3ccc(Cl)cc3)cc2c1C=O. The van der Waals surface area contributed by atoms with E-state index in [1.54, 1.807) is 39.0 Å². The Morgan fingerprint density at radius 3 is 2.31 bits per heavy atom. The summed E-state index contributed by atoms with van der Waals surface area (Å²) < 4.78 is 6.68. The molecule has 0 N–H and O–H groups in total. The van der Waals surface area contributed by atoms with Gasteiger partial charge in [-0.2, -0.15) is 0 Å². The molecule has 162 valence electrons. The maximum atomic E-state index is 12.9. The molecule has 32 heavy (non-hydrogen) atoms. The summed E-state index contributed by atoms with van der Waals surface area (Å²) in [5.41, 5.74) is 2.49. The molecule has 0 saturated heterocycles. The van der Waals surface area contributed by atoms with Gasteiger partial charge in [0.2, 0.25) is 11.5 Å². The minimum absolute atomic E-state index is 0.0103. The second kappa shape index (κ2) is 8.47. The molecular formula is C25H18BrCl2NO3. The molecule has 0 aliphatic heterocycles. The van der Waals surface area contributed by atoms with Crippen molar-refractivity contribution in [3.8, 4) is 22.4 Å². The topological polar surface area (TPSA) is 60.2 Å². The van der Waals surface area contributed by atoms with Crippen LogP contribution < -0.4 is 0 Å². The summed E-state index contributed by atoms with van der Waals surface area (Å²) >= 11 is 16.0. The van der Waals surface area contributed by atoms with Crippen molar-refractivity contribution < 1.29 is 14.0 Å². The number of hydrogen-bond donors (Lipinski definition) is 0. The maximum Gasteiger partial charge on any atom is 0.228 e. The van der Waals surface area contributed by atoms with E-state index in [9.17, 15) is 9.59 Å². The van der Waals surface area contributed by atoms with E-state index in [2.05, 4.69) is 15.9 Å². The van der Waals surface area contributed by atoms with E-state index in [0.717, 1.165) is 15.6 Å². The van der Waals surface area contributed by atoms with Crippen molar-refractivity contribution in [3.05, 3.63) is 74.4 Å². The van der Waals surface area contributed by atoms with Gasteiger partial charge < -0.3 is 4.42 Å². The van der Waals surface area contributed by atoms with Crippen LogP contribution in [0.1, 0.15) is 41.7 Å². The van der Waals surface area contributed by atoms with Crippen molar-refractivity contribution in [2.75, 3.05) is 0 Å². The van der Waals surface area contributed by atoms with E-state index >= 15 is 0 Å². The molecule has 2 aromatic heterocycles. The van der Waals surface area contributed by atoms with Gasteiger partial charge in [-0.1, -0.05) is 78.1 Å². The molecule has 0 bridgehead atoms. The number of halogens is 3. The molecule has 0 aliphatic carbocycles. The molecule has 2 aromatic carbocycles. The summed E-state index contributed by atoms with van der Waals surface area (Å²) in [7, 11) is 0. The molecule has 0 atom stereocenters. The van der Waals surface area contributed by atoms with Crippen LogP contribution in [0.5, 0.6) is 0 Å². The van der Waals surface area contributed by atoms with Crippen LogP contribution in [0, 0.1) is 5.41 Å². The Hall–Kier alpha value is -2.47. The number of furan rings is 1. The molecule has 0 fully saturated rings. The molecule has 0 aliphatic rings. The highest BCUT2D eigenvalue weighted by Crippen LogP contribution is 2.40. The van der Waals surface area contributed by atoms with E-state index in [4.69, 9.17) is 32.6 Å². The number of carbonyl (C=O) groups is 2. The quantitative estimate of drug-likeness (QED) is 0.197. The Balaban J connectivity index is 2.07. The van der Waals surface area contributed by atoms with Gasteiger partial charge in [-0.3, -0.25) is 9.59 Å². The van der Waals surface area contributed by atoms with Crippen molar-refractivity contribution in [1.82, 2.24) is 4.98 Å². The fraction of sp³-hybridized carbons (Fsp3) is 0.160. The number of aromatic nitrogens is 1. The third-order valence-electron chi connectivity index (χ3n) is 5.07. The average molecular weight is 531 g/mol. The lowest BCUT2D eigenvalue weighted by Crippen LogP contribution is -2.20. The van der Waals surface area contributed by atoms with Crippen molar-refractivity contribution in [2.24, 2.45) is 5.41 Å². The third-order valence-corrected chi connectivity index (χ3v) is 6.13. The molecule has 0 unspecified atom stereocenters. The van der Waals surface area contributed by atoms with Gasteiger partial charge in [0.25, 0.3) is 0 Å². The zero-order chi connectivity index (χ0) is 23.2. The standard InChI is InChI=1S/C25H18BrCl2NO3/c1-25(2,3)23(31)22-19(12-30)18-11-17(13-4-7-15(27)8-5-13)21(29-24(18)32-22)16-9-6-14(26)10-20(16)28/h4-12H,1-3H3. The number of carbonyl (C=O) groups excluding carboxylic acids is 2. The minimum Gasteiger partial charge on any atom is -0.434 e. The van der Waals surface area contributed by atoms with Crippen molar-refractivity contribution in [1.29, 1.82) is 0 Å². The lowest BCUT2D eigenvalue weighted by atomic mass is 9.88. The van der Waals surface area contributed by atoms with Gasteiger partial charge in [0.05, 0.1) is 21.7 Å². The van der Waals surface area contributed by atoms with Crippen LogP contribution in [0.3, 0.4) is 0 Å². The number of aldehydes is 1. The summed E-state index contributed by atoms with van der Waals surface area (Å²) in [6.07, 6.45) is 0.643. The van der Waals surface area contributed by atoms with E-state index in [-0.39, 0.29) is 22.8 Å². The van der Waals surface area contributed by atoms with Crippen LogP contribution in [0.2, 0.25) is 10.0 Å². The van der Waals surface area contributed by atoms with E-state index < -0.39 is 5.41 Å². The summed E-state index contributed by atoms with van der Waals surface area (Å²) in [6.45, 7) is 5.32. The number of nitrogens with zero attached hydrogens (tertiary/aromatic N) is 1. The fourth-order valence-electron chi connectivity index (χ4n) is 3.40. The van der Waals surface area contributed by atoms with Crippen LogP contribution in [-0.2, 0) is 0 Å². The molecule has 0 radical (unpaired) electrons. The number of rotatable bonds is 4. The smallest absolute Gasteiger partial charge is 0.228 e. The Labute approximate surface area is 203 Å². The Kier molecular flexibility index (Phi) is 6.01. The molecular weight excluding hydrogens is 513 g/mol. The van der Waals surface area contributed by atoms with Crippen molar-refractivity contribution >= 4 is 62.3 Å². The predicted molar refractivity (Wildman–Crippen MR) is 132 cm³/mol. The van der Waals surface area contributed by atoms with Crippen LogP contribution >= 0.6 is 39.1 Å². The average Bonchev–Trinajstić information content (AvgIpc) is 3.09. The Morgan fingerprint density at radius 1 is 1.03 bits per heavy atom. The van der Waals surface area contributed by atoms with Gasteiger partial charge >= 0.3 is 0 Å². The minimum atomic E-state index is -0.720. The Morgan fingerprint density at radius 2 is 1.72 bits per heavy atom. The van der Waals surface area contributed by atoms with Crippen LogP contribution in [-0.4, -0.2) is 17.1 Å². The van der Waals surface area contributed by atoms with Crippen LogP contribution in [0.4, 0.5) is 0 Å². The zero-order valence-corrected chi connectivity index (χ0v) is 20.6. The van der Waals surface area contributed by atoms with E-state index in [1.807, 2.05) is 30.3 Å². The molecule has 4 aromatic rings. The second-order valence-electron chi connectivity index (χ2n) is 8.41.